The molecule has 0 saturated carbocycles. The highest BCUT2D eigenvalue weighted by molar-refractivity contribution is 6.34. The van der Waals surface area contributed by atoms with Crippen molar-refractivity contribution in [1.82, 2.24) is 0 Å². The van der Waals surface area contributed by atoms with Crippen LogP contribution in [-0.2, 0) is 4.74 Å². The Morgan fingerprint density at radius 2 is 2.33 bits per heavy atom. The van der Waals surface area contributed by atoms with Crippen molar-refractivity contribution in [3.8, 4) is 0 Å². The van der Waals surface area contributed by atoms with Crippen molar-refractivity contribution < 1.29 is 4.74 Å². The number of nitrogens with two attached hydrogens (primary N) is 1. The number of ether oxygens (including phenoxy) is 1. The first-order valence-electron chi connectivity index (χ1n) is 6.03. The molecule has 0 aliphatic carbocycles. The van der Waals surface area contributed by atoms with Crippen molar-refractivity contribution in [2.75, 3.05) is 25.1 Å². The number of halogens is 1. The van der Waals surface area contributed by atoms with E-state index in [9.17, 15) is 0 Å². The summed E-state index contributed by atoms with van der Waals surface area (Å²) in [6.07, 6.45) is 2.50. The molecule has 1 aliphatic heterocycles. The van der Waals surface area contributed by atoms with Gasteiger partial charge in [0.25, 0.3) is 0 Å². The van der Waals surface area contributed by atoms with Gasteiger partial charge in [0, 0.05) is 31.5 Å². The van der Waals surface area contributed by atoms with Crippen LogP contribution in [0, 0.1) is 5.41 Å². The zero-order chi connectivity index (χ0) is 13.1. The summed E-state index contributed by atoms with van der Waals surface area (Å²) in [6, 6.07) is 5.63. The molecule has 98 valence electrons. The van der Waals surface area contributed by atoms with Crippen LogP contribution in [-0.4, -0.2) is 32.1 Å². The van der Waals surface area contributed by atoms with Crippen LogP contribution >= 0.6 is 11.6 Å². The van der Waals surface area contributed by atoms with Crippen LogP contribution in [0.1, 0.15) is 18.4 Å². The van der Waals surface area contributed by atoms with E-state index in [1.807, 2.05) is 12.1 Å². The van der Waals surface area contributed by atoms with Crippen LogP contribution in [0.25, 0.3) is 0 Å². The lowest BCUT2D eigenvalue weighted by Crippen LogP contribution is -2.39. The van der Waals surface area contributed by atoms with Gasteiger partial charge in [0.2, 0.25) is 0 Å². The number of amidine groups is 1. The third-order valence-electron chi connectivity index (χ3n) is 3.32. The van der Waals surface area contributed by atoms with E-state index in [-0.39, 0.29) is 11.9 Å². The van der Waals surface area contributed by atoms with E-state index in [0.29, 0.717) is 10.6 Å². The maximum Gasteiger partial charge on any atom is 0.124 e. The topological polar surface area (TPSA) is 62.3 Å². The third-order valence-corrected chi connectivity index (χ3v) is 3.63. The number of nitrogens with one attached hydrogen (secondary N) is 1. The zero-order valence-corrected chi connectivity index (χ0v) is 11.2. The average Bonchev–Trinajstić information content (AvgIpc) is 2.38. The van der Waals surface area contributed by atoms with Crippen molar-refractivity contribution in [2.24, 2.45) is 5.73 Å². The van der Waals surface area contributed by atoms with Gasteiger partial charge in [-0.05, 0) is 31.0 Å². The Hall–Kier alpha value is -1.26. The van der Waals surface area contributed by atoms with Crippen molar-refractivity contribution in [3.05, 3.63) is 28.8 Å². The molecule has 1 unspecified atom stereocenters. The Bertz CT molecular complexity index is 450. The summed E-state index contributed by atoms with van der Waals surface area (Å²) in [5.41, 5.74) is 7.10. The largest absolute Gasteiger partial charge is 0.384 e. The highest BCUT2D eigenvalue weighted by atomic mass is 35.5. The fourth-order valence-corrected chi connectivity index (χ4v) is 2.56. The maximum atomic E-state index is 7.41. The minimum atomic E-state index is -0.0000350. The molecule has 0 bridgehead atoms. The van der Waals surface area contributed by atoms with Gasteiger partial charge in [-0.25, -0.2) is 0 Å². The van der Waals surface area contributed by atoms with E-state index in [1.165, 1.54) is 0 Å². The minimum Gasteiger partial charge on any atom is -0.384 e. The van der Waals surface area contributed by atoms with Crippen LogP contribution in [0.2, 0.25) is 5.02 Å². The van der Waals surface area contributed by atoms with E-state index in [0.717, 1.165) is 31.6 Å². The molecule has 0 amide bonds. The molecule has 0 aromatic heterocycles. The molecular formula is C13H18ClN3O. The van der Waals surface area contributed by atoms with Crippen LogP contribution in [0.5, 0.6) is 0 Å². The van der Waals surface area contributed by atoms with Crippen molar-refractivity contribution >= 4 is 23.1 Å². The predicted octanol–water partition coefficient (Wildman–Crippen LogP) is 2.24. The van der Waals surface area contributed by atoms with Gasteiger partial charge >= 0.3 is 0 Å². The van der Waals surface area contributed by atoms with E-state index in [4.69, 9.17) is 27.5 Å². The third kappa shape index (κ3) is 2.76. The molecule has 3 N–H and O–H groups in total. The molecular weight excluding hydrogens is 250 g/mol. The molecule has 1 aliphatic rings. The zero-order valence-electron chi connectivity index (χ0n) is 10.4. The Kier molecular flexibility index (Phi) is 4.09. The van der Waals surface area contributed by atoms with Gasteiger partial charge in [-0.15, -0.1) is 0 Å². The number of piperidine rings is 1. The Balaban J connectivity index is 2.18. The standard InChI is InChI=1S/C13H18ClN3O/c1-18-10-3-2-6-17(8-10)9-4-5-11(13(15)16)12(14)7-9/h4-5,7,10H,2-3,6,8H2,1H3,(H3,15,16). The van der Waals surface area contributed by atoms with Crippen molar-refractivity contribution in [2.45, 2.75) is 18.9 Å². The summed E-state index contributed by atoms with van der Waals surface area (Å²) in [7, 11) is 1.75. The highest BCUT2D eigenvalue weighted by Crippen LogP contribution is 2.26. The lowest BCUT2D eigenvalue weighted by atomic mass is 10.1. The lowest BCUT2D eigenvalue weighted by molar-refractivity contribution is 0.0893. The Morgan fingerprint density at radius 1 is 1.56 bits per heavy atom. The second-order valence-corrected chi connectivity index (χ2v) is 4.93. The highest BCUT2D eigenvalue weighted by Gasteiger charge is 2.20. The summed E-state index contributed by atoms with van der Waals surface area (Å²) >= 11 is 6.14. The number of methoxy groups -OCH3 is 1. The molecule has 1 fully saturated rings. The molecule has 4 nitrogen and oxygen atoms in total. The van der Waals surface area contributed by atoms with Gasteiger partial charge in [-0.1, -0.05) is 11.6 Å². The molecule has 0 radical (unpaired) electrons. The minimum absolute atomic E-state index is 0.0000350. The molecule has 1 saturated heterocycles. The van der Waals surface area contributed by atoms with Crippen molar-refractivity contribution in [3.63, 3.8) is 0 Å². The molecule has 1 aromatic carbocycles. The number of nitrogens with zero attached hydrogens (tertiary/aromatic N) is 1. The molecule has 2 rings (SSSR count). The number of hydrogen-bond acceptors (Lipinski definition) is 3. The number of anilines is 1. The van der Waals surface area contributed by atoms with Gasteiger partial charge in [0.1, 0.15) is 5.84 Å². The lowest BCUT2D eigenvalue weighted by Gasteiger charge is -2.33. The second-order valence-electron chi connectivity index (χ2n) is 4.52. The summed E-state index contributed by atoms with van der Waals surface area (Å²) < 4.78 is 5.41. The fourth-order valence-electron chi connectivity index (χ4n) is 2.28. The quantitative estimate of drug-likeness (QED) is 0.652. The second kappa shape index (κ2) is 5.59. The average molecular weight is 268 g/mol. The smallest absolute Gasteiger partial charge is 0.124 e. The summed E-state index contributed by atoms with van der Waals surface area (Å²) in [6.45, 7) is 1.89. The SMILES string of the molecule is COC1CCCN(c2ccc(C(=N)N)c(Cl)c2)C1. The normalized spacial score (nSPS) is 19.9. The predicted molar refractivity (Wildman–Crippen MR) is 74.7 cm³/mol. The van der Waals surface area contributed by atoms with Gasteiger partial charge in [-0.3, -0.25) is 5.41 Å². The molecule has 1 atom stereocenters. The Labute approximate surface area is 112 Å². The van der Waals surface area contributed by atoms with Crippen LogP contribution in [0.3, 0.4) is 0 Å². The molecule has 1 heterocycles. The molecule has 0 spiro atoms. The van der Waals surface area contributed by atoms with E-state index < -0.39 is 0 Å². The first-order valence-corrected chi connectivity index (χ1v) is 6.41. The summed E-state index contributed by atoms with van der Waals surface area (Å²) in [5.74, 6) is -0.0000350. The van der Waals surface area contributed by atoms with Gasteiger partial charge in [-0.2, -0.15) is 0 Å². The van der Waals surface area contributed by atoms with Crippen LogP contribution in [0.15, 0.2) is 18.2 Å². The molecule has 1 aromatic rings. The Morgan fingerprint density at radius 3 is 2.94 bits per heavy atom. The number of benzene rings is 1. The van der Waals surface area contributed by atoms with Gasteiger partial charge in [0.05, 0.1) is 11.1 Å². The van der Waals surface area contributed by atoms with Crippen LogP contribution in [0.4, 0.5) is 5.69 Å². The fraction of sp³-hybridized carbons (Fsp3) is 0.462. The number of rotatable bonds is 3. The first kappa shape index (κ1) is 13.2. The monoisotopic (exact) mass is 267 g/mol. The molecule has 18 heavy (non-hydrogen) atoms. The number of hydrogen-bond donors (Lipinski definition) is 2. The first-order chi connectivity index (χ1) is 8.61. The summed E-state index contributed by atoms with van der Waals surface area (Å²) in [5, 5.41) is 7.94. The van der Waals surface area contributed by atoms with E-state index in [1.54, 1.807) is 13.2 Å². The number of nitrogen functional groups attached to an aromatic ring is 1. The van der Waals surface area contributed by atoms with E-state index >= 15 is 0 Å². The van der Waals surface area contributed by atoms with E-state index in [2.05, 4.69) is 4.90 Å². The van der Waals surface area contributed by atoms with Gasteiger partial charge < -0.3 is 15.4 Å². The molecule has 5 heteroatoms. The maximum absolute atomic E-state index is 7.41. The summed E-state index contributed by atoms with van der Waals surface area (Å²) in [4.78, 5) is 2.26. The van der Waals surface area contributed by atoms with Gasteiger partial charge in [0.15, 0.2) is 0 Å². The van der Waals surface area contributed by atoms with Crippen LogP contribution < -0.4 is 10.6 Å². The van der Waals surface area contributed by atoms with Crippen molar-refractivity contribution in [1.29, 1.82) is 5.41 Å².